The maximum absolute atomic E-state index is 12.5. The lowest BCUT2D eigenvalue weighted by Crippen LogP contribution is -2.28. The number of carbonyl (C=O) groups is 2. The minimum Gasteiger partial charge on any atom is -0.352 e. The minimum absolute atomic E-state index is 0.0308. The van der Waals surface area contributed by atoms with E-state index in [0.29, 0.717) is 24.9 Å². The number of aromatic amines is 1. The lowest BCUT2D eigenvalue weighted by molar-refractivity contribution is -0.121. The molecule has 0 aliphatic carbocycles. The molecule has 0 atom stereocenters. The van der Waals surface area contributed by atoms with Crippen LogP contribution < -0.4 is 5.32 Å². The molecular formula is C22H24N4O2. The summed E-state index contributed by atoms with van der Waals surface area (Å²) < 4.78 is 0. The number of carbonyl (C=O) groups excluding carboxylic acids is 2. The van der Waals surface area contributed by atoms with Crippen LogP contribution in [0.2, 0.25) is 0 Å². The standard InChI is InChI=1S/C22H24N4O2/c27-21(11-10-20-24-18-8-1-2-9-19(18)25-20)23-15-16-6-5-7-17(14-16)22(28)26-12-3-4-13-26/h1-2,5-9,14H,3-4,10-13,15H2,(H,23,27)(H,24,25). The molecule has 2 aromatic carbocycles. The van der Waals surface area contributed by atoms with Crippen LogP contribution >= 0.6 is 0 Å². The van der Waals surface area contributed by atoms with Gasteiger partial charge in [-0.05, 0) is 42.7 Å². The molecule has 0 bridgehead atoms. The Kier molecular flexibility index (Phi) is 5.37. The number of fused-ring (bicyclic) bond motifs is 1. The number of rotatable bonds is 6. The maximum atomic E-state index is 12.5. The van der Waals surface area contributed by atoms with Crippen molar-refractivity contribution in [3.05, 3.63) is 65.5 Å². The second-order valence-electron chi connectivity index (χ2n) is 7.18. The fraction of sp³-hybridized carbons (Fsp3) is 0.318. The van der Waals surface area contributed by atoms with Crippen molar-refractivity contribution in [2.45, 2.75) is 32.2 Å². The highest BCUT2D eigenvalue weighted by atomic mass is 16.2. The topological polar surface area (TPSA) is 78.1 Å². The molecule has 6 heteroatoms. The van der Waals surface area contributed by atoms with Gasteiger partial charge in [0.05, 0.1) is 11.0 Å². The molecule has 144 valence electrons. The molecule has 1 fully saturated rings. The van der Waals surface area contributed by atoms with Crippen molar-refractivity contribution in [1.82, 2.24) is 20.2 Å². The number of imidazole rings is 1. The van der Waals surface area contributed by atoms with Gasteiger partial charge in [-0.1, -0.05) is 24.3 Å². The fourth-order valence-electron chi connectivity index (χ4n) is 3.56. The van der Waals surface area contributed by atoms with E-state index in [9.17, 15) is 9.59 Å². The molecule has 4 rings (SSSR count). The zero-order valence-electron chi connectivity index (χ0n) is 15.8. The summed E-state index contributed by atoms with van der Waals surface area (Å²) in [6.45, 7) is 2.09. The van der Waals surface area contributed by atoms with E-state index in [1.165, 1.54) is 0 Å². The van der Waals surface area contributed by atoms with E-state index >= 15 is 0 Å². The van der Waals surface area contributed by atoms with Crippen molar-refractivity contribution in [3.8, 4) is 0 Å². The smallest absolute Gasteiger partial charge is 0.253 e. The molecule has 0 spiro atoms. The molecule has 28 heavy (non-hydrogen) atoms. The summed E-state index contributed by atoms with van der Waals surface area (Å²) in [4.78, 5) is 34.3. The van der Waals surface area contributed by atoms with Crippen LogP contribution in [0, 0.1) is 0 Å². The number of benzene rings is 2. The molecule has 0 radical (unpaired) electrons. The largest absolute Gasteiger partial charge is 0.352 e. The molecule has 2 N–H and O–H groups in total. The van der Waals surface area contributed by atoms with Crippen LogP contribution in [0.25, 0.3) is 11.0 Å². The van der Waals surface area contributed by atoms with Crippen LogP contribution in [-0.2, 0) is 17.8 Å². The van der Waals surface area contributed by atoms with Crippen LogP contribution in [0.4, 0.5) is 0 Å². The molecule has 0 saturated carbocycles. The van der Waals surface area contributed by atoms with Crippen molar-refractivity contribution in [1.29, 1.82) is 0 Å². The second kappa shape index (κ2) is 8.25. The van der Waals surface area contributed by atoms with E-state index in [0.717, 1.165) is 48.4 Å². The number of aromatic nitrogens is 2. The highest BCUT2D eigenvalue weighted by Gasteiger charge is 2.19. The molecule has 1 aliphatic heterocycles. The average molecular weight is 376 g/mol. The predicted octanol–water partition coefficient (Wildman–Crippen LogP) is 3.05. The van der Waals surface area contributed by atoms with E-state index in [1.807, 2.05) is 53.4 Å². The normalized spacial score (nSPS) is 13.8. The Bertz CT molecular complexity index is 956. The zero-order valence-corrected chi connectivity index (χ0v) is 15.8. The first-order chi connectivity index (χ1) is 13.7. The summed E-state index contributed by atoms with van der Waals surface area (Å²) in [6, 6.07) is 15.4. The van der Waals surface area contributed by atoms with Crippen molar-refractivity contribution < 1.29 is 9.59 Å². The van der Waals surface area contributed by atoms with Gasteiger partial charge in [0.15, 0.2) is 0 Å². The summed E-state index contributed by atoms with van der Waals surface area (Å²) in [5, 5.41) is 2.93. The van der Waals surface area contributed by atoms with Crippen LogP contribution in [0.15, 0.2) is 48.5 Å². The number of H-pyrrole nitrogens is 1. The third kappa shape index (κ3) is 4.22. The molecule has 3 aromatic rings. The van der Waals surface area contributed by atoms with Crippen molar-refractivity contribution in [2.75, 3.05) is 13.1 Å². The fourth-order valence-corrected chi connectivity index (χ4v) is 3.56. The summed E-state index contributed by atoms with van der Waals surface area (Å²) in [5.41, 5.74) is 3.52. The van der Waals surface area contributed by atoms with Gasteiger partial charge >= 0.3 is 0 Å². The molecule has 2 amide bonds. The van der Waals surface area contributed by atoms with Crippen molar-refractivity contribution >= 4 is 22.8 Å². The summed E-state index contributed by atoms with van der Waals surface area (Å²) in [5.74, 6) is 0.863. The third-order valence-corrected chi connectivity index (χ3v) is 5.08. The number of nitrogens with one attached hydrogen (secondary N) is 2. The lowest BCUT2D eigenvalue weighted by Gasteiger charge is -2.15. The lowest BCUT2D eigenvalue weighted by atomic mass is 10.1. The first-order valence-electron chi connectivity index (χ1n) is 9.77. The third-order valence-electron chi connectivity index (χ3n) is 5.08. The Morgan fingerprint density at radius 3 is 2.71 bits per heavy atom. The highest BCUT2D eigenvalue weighted by molar-refractivity contribution is 5.94. The van der Waals surface area contributed by atoms with Gasteiger partial charge in [0, 0.05) is 38.0 Å². The Hall–Kier alpha value is -3.15. The molecule has 1 aliphatic rings. The number of nitrogens with zero attached hydrogens (tertiary/aromatic N) is 2. The van der Waals surface area contributed by atoms with Gasteiger partial charge < -0.3 is 15.2 Å². The number of hydrogen-bond donors (Lipinski definition) is 2. The van der Waals surface area contributed by atoms with Crippen LogP contribution in [0.3, 0.4) is 0 Å². The zero-order chi connectivity index (χ0) is 19.3. The number of para-hydroxylation sites is 2. The average Bonchev–Trinajstić information content (AvgIpc) is 3.40. The van der Waals surface area contributed by atoms with Crippen molar-refractivity contribution in [2.24, 2.45) is 0 Å². The first kappa shape index (κ1) is 18.2. The molecule has 0 unspecified atom stereocenters. The minimum atomic E-state index is -0.0308. The molecular weight excluding hydrogens is 352 g/mol. The predicted molar refractivity (Wildman–Crippen MR) is 108 cm³/mol. The SMILES string of the molecule is O=C(CCc1nc2ccccc2[nH]1)NCc1cccc(C(=O)N2CCCC2)c1. The Labute approximate surface area is 164 Å². The Balaban J connectivity index is 1.29. The summed E-state index contributed by atoms with van der Waals surface area (Å²) >= 11 is 0. The van der Waals surface area contributed by atoms with E-state index in [-0.39, 0.29) is 11.8 Å². The van der Waals surface area contributed by atoms with Gasteiger partial charge in [0.25, 0.3) is 5.91 Å². The monoisotopic (exact) mass is 376 g/mol. The summed E-state index contributed by atoms with van der Waals surface area (Å²) in [6.07, 6.45) is 3.08. The van der Waals surface area contributed by atoms with Gasteiger partial charge in [0.2, 0.25) is 5.91 Å². The van der Waals surface area contributed by atoms with Gasteiger partial charge in [-0.15, -0.1) is 0 Å². The molecule has 1 aromatic heterocycles. The number of aryl methyl sites for hydroxylation is 1. The van der Waals surface area contributed by atoms with Crippen LogP contribution in [-0.4, -0.2) is 39.8 Å². The number of likely N-dealkylation sites (tertiary alicyclic amines) is 1. The number of amides is 2. The van der Waals surface area contributed by atoms with Crippen LogP contribution in [0.5, 0.6) is 0 Å². The van der Waals surface area contributed by atoms with Gasteiger partial charge in [-0.25, -0.2) is 4.98 Å². The molecule has 1 saturated heterocycles. The molecule has 6 nitrogen and oxygen atoms in total. The van der Waals surface area contributed by atoms with Gasteiger partial charge in [0.1, 0.15) is 5.82 Å². The summed E-state index contributed by atoms with van der Waals surface area (Å²) in [7, 11) is 0. The van der Waals surface area contributed by atoms with Gasteiger partial charge in [-0.3, -0.25) is 9.59 Å². The van der Waals surface area contributed by atoms with E-state index in [2.05, 4.69) is 15.3 Å². The van der Waals surface area contributed by atoms with E-state index in [4.69, 9.17) is 0 Å². The maximum Gasteiger partial charge on any atom is 0.253 e. The number of hydrogen-bond acceptors (Lipinski definition) is 3. The quantitative estimate of drug-likeness (QED) is 0.694. The second-order valence-corrected chi connectivity index (χ2v) is 7.18. The highest BCUT2D eigenvalue weighted by Crippen LogP contribution is 2.14. The van der Waals surface area contributed by atoms with E-state index in [1.54, 1.807) is 0 Å². The Morgan fingerprint density at radius 2 is 1.89 bits per heavy atom. The first-order valence-corrected chi connectivity index (χ1v) is 9.77. The van der Waals surface area contributed by atoms with Gasteiger partial charge in [-0.2, -0.15) is 0 Å². The van der Waals surface area contributed by atoms with E-state index < -0.39 is 0 Å². The molecule has 2 heterocycles. The van der Waals surface area contributed by atoms with Crippen molar-refractivity contribution in [3.63, 3.8) is 0 Å². The van der Waals surface area contributed by atoms with Crippen LogP contribution in [0.1, 0.15) is 41.0 Å². The Morgan fingerprint density at radius 1 is 1.07 bits per heavy atom.